The van der Waals surface area contributed by atoms with Gasteiger partial charge in [0.15, 0.2) is 5.82 Å². The van der Waals surface area contributed by atoms with Crippen LogP contribution in [-0.4, -0.2) is 26.4 Å². The van der Waals surface area contributed by atoms with Crippen molar-refractivity contribution in [1.29, 1.82) is 5.26 Å². The molecule has 0 saturated heterocycles. The Bertz CT molecular complexity index is 1210. The molecule has 0 N–H and O–H groups in total. The number of hydrogen-bond donors (Lipinski definition) is 0. The molecule has 0 atom stereocenters. The molecule has 5 nitrogen and oxygen atoms in total. The molecule has 0 bridgehead atoms. The fourth-order valence-corrected chi connectivity index (χ4v) is 4.37. The van der Waals surface area contributed by atoms with Crippen molar-refractivity contribution in [3.63, 3.8) is 0 Å². The third kappa shape index (κ3) is 3.86. The molecule has 30 heavy (non-hydrogen) atoms. The number of aromatic nitrogens is 3. The molecule has 0 spiro atoms. The smallest absolute Gasteiger partial charge is 0.169 e. The molecular formula is C24H19N5S. The molecule has 4 heterocycles. The summed E-state index contributed by atoms with van der Waals surface area (Å²) in [6.07, 6.45) is 2.90. The highest BCUT2D eigenvalue weighted by molar-refractivity contribution is 7.13. The average Bonchev–Trinajstić information content (AvgIpc) is 3.34. The van der Waals surface area contributed by atoms with Gasteiger partial charge in [-0.25, -0.2) is 9.97 Å². The van der Waals surface area contributed by atoms with Crippen molar-refractivity contribution in [2.24, 2.45) is 0 Å². The lowest BCUT2D eigenvalue weighted by atomic mass is 10.1. The van der Waals surface area contributed by atoms with Crippen molar-refractivity contribution < 1.29 is 0 Å². The molecule has 4 aromatic rings. The summed E-state index contributed by atoms with van der Waals surface area (Å²) >= 11 is 1.67. The minimum absolute atomic E-state index is 0.659. The van der Waals surface area contributed by atoms with Crippen LogP contribution < -0.4 is 0 Å². The maximum Gasteiger partial charge on any atom is 0.169 e. The third-order valence-electron chi connectivity index (χ3n) is 5.26. The zero-order chi connectivity index (χ0) is 20.3. The largest absolute Gasteiger partial charge is 0.293 e. The second-order valence-corrected chi connectivity index (χ2v) is 8.25. The molecule has 0 saturated carbocycles. The Kier molecular flexibility index (Phi) is 5.06. The molecule has 1 aromatic carbocycles. The number of nitriles is 1. The highest BCUT2D eigenvalue weighted by atomic mass is 32.1. The first-order valence-electron chi connectivity index (χ1n) is 9.86. The summed E-state index contributed by atoms with van der Waals surface area (Å²) < 4.78 is 0. The lowest BCUT2D eigenvalue weighted by molar-refractivity contribution is 0.240. The van der Waals surface area contributed by atoms with Gasteiger partial charge >= 0.3 is 0 Å². The topological polar surface area (TPSA) is 65.7 Å². The van der Waals surface area contributed by atoms with Gasteiger partial charge in [0.05, 0.1) is 33.6 Å². The summed E-state index contributed by atoms with van der Waals surface area (Å²) in [5.74, 6) is 0.828. The molecule has 6 heteroatoms. The summed E-state index contributed by atoms with van der Waals surface area (Å²) in [7, 11) is 0. The van der Waals surface area contributed by atoms with E-state index >= 15 is 0 Å². The van der Waals surface area contributed by atoms with Crippen LogP contribution in [0.3, 0.4) is 0 Å². The van der Waals surface area contributed by atoms with Crippen LogP contribution in [0.15, 0.2) is 66.2 Å². The Hall–Kier alpha value is -3.40. The van der Waals surface area contributed by atoms with Crippen LogP contribution in [0.1, 0.15) is 22.5 Å². The van der Waals surface area contributed by atoms with Crippen LogP contribution in [0.25, 0.3) is 22.0 Å². The average molecular weight is 410 g/mol. The molecular weight excluding hydrogens is 390 g/mol. The van der Waals surface area contributed by atoms with Gasteiger partial charge < -0.3 is 0 Å². The number of benzene rings is 1. The summed E-state index contributed by atoms with van der Waals surface area (Å²) in [4.78, 5) is 17.7. The SMILES string of the molecule is N#Cc1ccc(-c2cccc(CN3CCc4nc(-c5cccs5)ncc4C3)n2)cc1. The monoisotopic (exact) mass is 409 g/mol. The van der Waals surface area contributed by atoms with Crippen LogP contribution in [-0.2, 0) is 19.5 Å². The summed E-state index contributed by atoms with van der Waals surface area (Å²) in [5.41, 5.74) is 6.00. The maximum atomic E-state index is 8.98. The van der Waals surface area contributed by atoms with Crippen molar-refractivity contribution in [3.8, 4) is 28.0 Å². The Morgan fingerprint density at radius 1 is 1.03 bits per heavy atom. The van der Waals surface area contributed by atoms with E-state index in [1.807, 2.05) is 48.7 Å². The predicted molar refractivity (Wildman–Crippen MR) is 118 cm³/mol. The van der Waals surface area contributed by atoms with Crippen LogP contribution >= 0.6 is 11.3 Å². The molecule has 0 amide bonds. The predicted octanol–water partition coefficient (Wildman–Crippen LogP) is 4.70. The second kappa shape index (κ2) is 8.15. The van der Waals surface area contributed by atoms with Gasteiger partial charge in [0.2, 0.25) is 0 Å². The maximum absolute atomic E-state index is 8.98. The Morgan fingerprint density at radius 2 is 1.93 bits per heavy atom. The first-order valence-corrected chi connectivity index (χ1v) is 10.7. The fraction of sp³-hybridized carbons (Fsp3) is 0.167. The van der Waals surface area contributed by atoms with E-state index in [0.29, 0.717) is 5.56 Å². The minimum Gasteiger partial charge on any atom is -0.293 e. The van der Waals surface area contributed by atoms with Gasteiger partial charge in [0.25, 0.3) is 0 Å². The van der Waals surface area contributed by atoms with E-state index in [0.717, 1.165) is 59.4 Å². The summed E-state index contributed by atoms with van der Waals surface area (Å²) in [6.45, 7) is 2.58. The summed E-state index contributed by atoms with van der Waals surface area (Å²) in [5, 5.41) is 11.0. The van der Waals surface area contributed by atoms with Crippen LogP contribution in [0.5, 0.6) is 0 Å². The summed E-state index contributed by atoms with van der Waals surface area (Å²) in [6, 6.07) is 19.9. The molecule has 146 valence electrons. The van der Waals surface area contributed by atoms with E-state index in [1.54, 1.807) is 11.3 Å². The van der Waals surface area contributed by atoms with Gasteiger partial charge in [0.1, 0.15) is 0 Å². The van der Waals surface area contributed by atoms with Crippen molar-refractivity contribution in [3.05, 3.63) is 88.7 Å². The molecule has 3 aromatic heterocycles. The fourth-order valence-electron chi connectivity index (χ4n) is 3.71. The van der Waals surface area contributed by atoms with Gasteiger partial charge in [-0.3, -0.25) is 9.88 Å². The highest BCUT2D eigenvalue weighted by Gasteiger charge is 2.19. The van der Waals surface area contributed by atoms with Crippen LogP contribution in [0.4, 0.5) is 0 Å². The zero-order valence-electron chi connectivity index (χ0n) is 16.3. The van der Waals surface area contributed by atoms with E-state index in [-0.39, 0.29) is 0 Å². The molecule has 5 rings (SSSR count). The van der Waals surface area contributed by atoms with Crippen molar-refractivity contribution >= 4 is 11.3 Å². The molecule has 0 radical (unpaired) electrons. The van der Waals surface area contributed by atoms with Crippen LogP contribution in [0, 0.1) is 11.3 Å². The van der Waals surface area contributed by atoms with Crippen LogP contribution in [0.2, 0.25) is 0 Å². The minimum atomic E-state index is 0.659. The van der Waals surface area contributed by atoms with E-state index < -0.39 is 0 Å². The molecule has 1 aliphatic heterocycles. The number of hydrogen-bond acceptors (Lipinski definition) is 6. The highest BCUT2D eigenvalue weighted by Crippen LogP contribution is 2.25. The Labute approximate surface area is 179 Å². The zero-order valence-corrected chi connectivity index (χ0v) is 17.1. The molecule has 0 aliphatic carbocycles. The number of rotatable bonds is 4. The normalized spacial score (nSPS) is 13.6. The lowest BCUT2D eigenvalue weighted by Crippen LogP contribution is -2.31. The molecule has 0 fully saturated rings. The lowest BCUT2D eigenvalue weighted by Gasteiger charge is -2.27. The Balaban J connectivity index is 1.31. The Morgan fingerprint density at radius 3 is 2.73 bits per heavy atom. The number of nitrogens with zero attached hydrogens (tertiary/aromatic N) is 5. The van der Waals surface area contributed by atoms with Gasteiger partial charge in [-0.1, -0.05) is 24.3 Å². The second-order valence-electron chi connectivity index (χ2n) is 7.31. The standard InChI is InChI=1S/C24H19N5S/c25-13-17-6-8-18(9-7-17)21-4-1-3-20(27-21)16-29-11-10-22-19(15-29)14-26-24(28-22)23-5-2-12-30-23/h1-9,12,14H,10-11,15-16H2. The molecule has 1 aliphatic rings. The van der Waals surface area contributed by atoms with E-state index in [2.05, 4.69) is 33.5 Å². The quantitative estimate of drug-likeness (QED) is 0.489. The van der Waals surface area contributed by atoms with E-state index in [1.165, 1.54) is 5.56 Å². The van der Waals surface area contributed by atoms with Gasteiger partial charge in [0, 0.05) is 43.4 Å². The van der Waals surface area contributed by atoms with Gasteiger partial charge in [-0.15, -0.1) is 11.3 Å². The number of fused-ring (bicyclic) bond motifs is 1. The first kappa shape index (κ1) is 18.6. The van der Waals surface area contributed by atoms with Crippen molar-refractivity contribution in [1.82, 2.24) is 19.9 Å². The first-order chi connectivity index (χ1) is 14.8. The van der Waals surface area contributed by atoms with E-state index in [9.17, 15) is 0 Å². The van der Waals surface area contributed by atoms with Crippen molar-refractivity contribution in [2.75, 3.05) is 6.54 Å². The number of thiophene rings is 1. The van der Waals surface area contributed by atoms with Gasteiger partial charge in [-0.2, -0.15) is 5.26 Å². The molecule has 0 unspecified atom stereocenters. The van der Waals surface area contributed by atoms with E-state index in [4.69, 9.17) is 15.2 Å². The number of pyridine rings is 1. The van der Waals surface area contributed by atoms with Gasteiger partial charge in [-0.05, 0) is 35.7 Å². The third-order valence-corrected chi connectivity index (χ3v) is 6.12. The van der Waals surface area contributed by atoms with Crippen molar-refractivity contribution in [2.45, 2.75) is 19.5 Å².